The standard InChI is InChI=1S/C16H25NO/c1-4-16(18)14-7-9-15(10-8-14)17-11-12(2)5-6-13(17)3/h7-10,12-13,16,18H,4-6,11H2,1-3H3/t12?,13?,16-/m0/s1. The highest BCUT2D eigenvalue weighted by atomic mass is 16.3. The quantitative estimate of drug-likeness (QED) is 0.879. The van der Waals surface area contributed by atoms with Gasteiger partial charge in [-0.15, -0.1) is 0 Å². The van der Waals surface area contributed by atoms with Crippen molar-refractivity contribution < 1.29 is 5.11 Å². The fourth-order valence-corrected chi connectivity index (χ4v) is 2.77. The molecule has 1 aliphatic rings. The average molecular weight is 247 g/mol. The largest absolute Gasteiger partial charge is 0.388 e. The predicted octanol–water partition coefficient (Wildman–Crippen LogP) is 3.75. The molecule has 0 saturated carbocycles. The molecule has 1 N–H and O–H groups in total. The number of aliphatic hydroxyl groups excluding tert-OH is 1. The number of rotatable bonds is 3. The van der Waals surface area contributed by atoms with Crippen LogP contribution in [0.3, 0.4) is 0 Å². The summed E-state index contributed by atoms with van der Waals surface area (Å²) >= 11 is 0. The van der Waals surface area contributed by atoms with Gasteiger partial charge in [-0.05, 0) is 49.8 Å². The summed E-state index contributed by atoms with van der Waals surface area (Å²) in [6, 6.07) is 9.07. The molecule has 2 nitrogen and oxygen atoms in total. The molecule has 18 heavy (non-hydrogen) atoms. The van der Waals surface area contributed by atoms with E-state index in [1.807, 2.05) is 6.92 Å². The summed E-state index contributed by atoms with van der Waals surface area (Å²) in [6.07, 6.45) is 3.07. The maximum Gasteiger partial charge on any atom is 0.0787 e. The molecule has 0 aromatic heterocycles. The predicted molar refractivity (Wildman–Crippen MR) is 76.9 cm³/mol. The van der Waals surface area contributed by atoms with Gasteiger partial charge in [-0.25, -0.2) is 0 Å². The summed E-state index contributed by atoms with van der Waals surface area (Å²) in [5.41, 5.74) is 2.32. The van der Waals surface area contributed by atoms with Crippen LogP contribution in [0.4, 0.5) is 5.69 Å². The van der Waals surface area contributed by atoms with Crippen LogP contribution < -0.4 is 4.90 Å². The SMILES string of the molecule is CC[C@H](O)c1ccc(N2CC(C)CCC2C)cc1. The molecular formula is C16H25NO. The first-order valence-corrected chi connectivity index (χ1v) is 7.16. The van der Waals surface area contributed by atoms with Crippen LogP contribution in [0.1, 0.15) is 51.7 Å². The molecular weight excluding hydrogens is 222 g/mol. The molecule has 0 amide bonds. The highest BCUT2D eigenvalue weighted by molar-refractivity contribution is 5.49. The first kappa shape index (κ1) is 13.4. The maximum absolute atomic E-state index is 9.81. The van der Waals surface area contributed by atoms with Crippen LogP contribution in [0.15, 0.2) is 24.3 Å². The van der Waals surface area contributed by atoms with Gasteiger partial charge < -0.3 is 10.0 Å². The topological polar surface area (TPSA) is 23.5 Å². The van der Waals surface area contributed by atoms with Crippen LogP contribution >= 0.6 is 0 Å². The number of hydrogen-bond donors (Lipinski definition) is 1. The molecule has 100 valence electrons. The van der Waals surface area contributed by atoms with Gasteiger partial charge in [0.1, 0.15) is 0 Å². The van der Waals surface area contributed by atoms with E-state index in [-0.39, 0.29) is 6.10 Å². The van der Waals surface area contributed by atoms with Gasteiger partial charge in [0.05, 0.1) is 6.10 Å². The van der Waals surface area contributed by atoms with Crippen molar-refractivity contribution >= 4 is 5.69 Å². The Bertz CT molecular complexity index is 373. The Morgan fingerprint density at radius 1 is 1.22 bits per heavy atom. The second-order valence-corrected chi connectivity index (χ2v) is 5.70. The van der Waals surface area contributed by atoms with Gasteiger partial charge in [0.2, 0.25) is 0 Å². The Balaban J connectivity index is 2.13. The van der Waals surface area contributed by atoms with Gasteiger partial charge in [0.25, 0.3) is 0 Å². The first-order valence-electron chi connectivity index (χ1n) is 7.16. The van der Waals surface area contributed by atoms with Crippen molar-refractivity contribution in [1.29, 1.82) is 0 Å². The second-order valence-electron chi connectivity index (χ2n) is 5.70. The minimum atomic E-state index is -0.322. The number of aliphatic hydroxyl groups is 1. The summed E-state index contributed by atoms with van der Waals surface area (Å²) < 4.78 is 0. The third kappa shape index (κ3) is 2.86. The zero-order chi connectivity index (χ0) is 13.1. The van der Waals surface area contributed by atoms with Crippen LogP contribution in [0.25, 0.3) is 0 Å². The molecule has 0 spiro atoms. The summed E-state index contributed by atoms with van der Waals surface area (Å²) in [4.78, 5) is 2.50. The van der Waals surface area contributed by atoms with E-state index in [0.717, 1.165) is 24.4 Å². The van der Waals surface area contributed by atoms with Gasteiger partial charge in [0.15, 0.2) is 0 Å². The van der Waals surface area contributed by atoms with Gasteiger partial charge in [-0.1, -0.05) is 26.0 Å². The minimum absolute atomic E-state index is 0.322. The van der Waals surface area contributed by atoms with Crippen molar-refractivity contribution in [2.24, 2.45) is 5.92 Å². The van der Waals surface area contributed by atoms with Crippen LogP contribution in [0.2, 0.25) is 0 Å². The fourth-order valence-electron chi connectivity index (χ4n) is 2.77. The summed E-state index contributed by atoms with van der Waals surface area (Å²) in [5, 5.41) is 9.81. The molecule has 1 aliphatic heterocycles. The van der Waals surface area contributed by atoms with Crippen molar-refractivity contribution in [2.75, 3.05) is 11.4 Å². The van der Waals surface area contributed by atoms with E-state index in [1.54, 1.807) is 0 Å². The molecule has 3 atom stereocenters. The van der Waals surface area contributed by atoms with E-state index in [9.17, 15) is 5.11 Å². The Morgan fingerprint density at radius 2 is 1.89 bits per heavy atom. The number of nitrogens with zero attached hydrogens (tertiary/aromatic N) is 1. The second kappa shape index (κ2) is 5.75. The Kier molecular flexibility index (Phi) is 4.28. The Hall–Kier alpha value is -1.02. The molecule has 1 saturated heterocycles. The lowest BCUT2D eigenvalue weighted by atomic mass is 9.94. The van der Waals surface area contributed by atoms with Gasteiger partial charge in [0, 0.05) is 18.3 Å². The van der Waals surface area contributed by atoms with Crippen LogP contribution in [-0.2, 0) is 0 Å². The fraction of sp³-hybridized carbons (Fsp3) is 0.625. The lowest BCUT2D eigenvalue weighted by Crippen LogP contribution is -2.41. The Labute approximate surface area is 111 Å². The smallest absolute Gasteiger partial charge is 0.0787 e. The average Bonchev–Trinajstić information content (AvgIpc) is 2.41. The first-order chi connectivity index (χ1) is 8.61. The zero-order valence-corrected chi connectivity index (χ0v) is 11.8. The third-order valence-corrected chi connectivity index (χ3v) is 4.11. The van der Waals surface area contributed by atoms with Gasteiger partial charge in [-0.2, -0.15) is 0 Å². The molecule has 1 fully saturated rings. The lowest BCUT2D eigenvalue weighted by Gasteiger charge is -2.38. The van der Waals surface area contributed by atoms with E-state index in [1.165, 1.54) is 18.5 Å². The van der Waals surface area contributed by atoms with E-state index in [4.69, 9.17) is 0 Å². The Morgan fingerprint density at radius 3 is 2.50 bits per heavy atom. The number of piperidine rings is 1. The van der Waals surface area contributed by atoms with Gasteiger partial charge >= 0.3 is 0 Å². The maximum atomic E-state index is 9.81. The summed E-state index contributed by atoms with van der Waals surface area (Å²) in [7, 11) is 0. The molecule has 2 unspecified atom stereocenters. The molecule has 2 heteroatoms. The van der Waals surface area contributed by atoms with Crippen molar-refractivity contribution in [3.63, 3.8) is 0 Å². The number of hydrogen-bond acceptors (Lipinski definition) is 2. The summed E-state index contributed by atoms with van der Waals surface area (Å²) in [6.45, 7) is 7.79. The summed E-state index contributed by atoms with van der Waals surface area (Å²) in [5.74, 6) is 0.780. The van der Waals surface area contributed by atoms with Crippen molar-refractivity contribution in [3.05, 3.63) is 29.8 Å². The van der Waals surface area contributed by atoms with Crippen LogP contribution in [0, 0.1) is 5.92 Å². The van der Waals surface area contributed by atoms with Crippen molar-refractivity contribution in [1.82, 2.24) is 0 Å². The van der Waals surface area contributed by atoms with Crippen LogP contribution in [-0.4, -0.2) is 17.7 Å². The lowest BCUT2D eigenvalue weighted by molar-refractivity contribution is 0.173. The molecule has 0 aliphatic carbocycles. The van der Waals surface area contributed by atoms with E-state index >= 15 is 0 Å². The highest BCUT2D eigenvalue weighted by Crippen LogP contribution is 2.28. The normalized spacial score (nSPS) is 26.1. The monoisotopic (exact) mass is 247 g/mol. The van der Waals surface area contributed by atoms with Crippen molar-refractivity contribution in [3.8, 4) is 0 Å². The molecule has 1 aromatic rings. The van der Waals surface area contributed by atoms with Crippen molar-refractivity contribution in [2.45, 2.75) is 52.2 Å². The van der Waals surface area contributed by atoms with Gasteiger partial charge in [-0.3, -0.25) is 0 Å². The number of benzene rings is 1. The molecule has 1 heterocycles. The molecule has 2 rings (SSSR count). The third-order valence-electron chi connectivity index (χ3n) is 4.11. The van der Waals surface area contributed by atoms with E-state index in [0.29, 0.717) is 6.04 Å². The molecule has 0 bridgehead atoms. The minimum Gasteiger partial charge on any atom is -0.388 e. The highest BCUT2D eigenvalue weighted by Gasteiger charge is 2.22. The van der Waals surface area contributed by atoms with E-state index < -0.39 is 0 Å². The van der Waals surface area contributed by atoms with Crippen LogP contribution in [0.5, 0.6) is 0 Å². The molecule has 0 radical (unpaired) electrons. The molecule has 1 aromatic carbocycles. The van der Waals surface area contributed by atoms with E-state index in [2.05, 4.69) is 43.0 Å². The zero-order valence-electron chi connectivity index (χ0n) is 11.8. The number of anilines is 1.